The first kappa shape index (κ1) is 18.2. The Morgan fingerprint density at radius 2 is 1.84 bits per heavy atom. The molecule has 1 N–H and O–H groups in total. The zero-order valence-corrected chi connectivity index (χ0v) is 14.9. The molecule has 25 heavy (non-hydrogen) atoms. The van der Waals surface area contributed by atoms with Gasteiger partial charge in [0.15, 0.2) is 0 Å². The molecule has 3 aliphatic rings. The molecule has 6 nitrogen and oxygen atoms in total. The van der Waals surface area contributed by atoms with Crippen LogP contribution in [0.3, 0.4) is 0 Å². The molecule has 136 valence electrons. The van der Waals surface area contributed by atoms with Crippen LogP contribution in [-0.4, -0.2) is 67.0 Å². The Kier molecular flexibility index (Phi) is 5.61. The van der Waals surface area contributed by atoms with Crippen LogP contribution < -0.4 is 5.32 Å². The number of hydrogen-bond acceptors (Lipinski definition) is 4. The van der Waals surface area contributed by atoms with Gasteiger partial charge in [0, 0.05) is 32.7 Å². The van der Waals surface area contributed by atoms with Gasteiger partial charge in [-0.3, -0.25) is 9.59 Å². The molecule has 4 rings (SSSR count). The lowest BCUT2D eigenvalue weighted by Gasteiger charge is -2.36. The van der Waals surface area contributed by atoms with Crippen molar-refractivity contribution in [2.24, 2.45) is 11.8 Å². The van der Waals surface area contributed by atoms with E-state index >= 15 is 0 Å². The number of carbonyl (C=O) groups is 2. The molecule has 0 aromatic heterocycles. The lowest BCUT2D eigenvalue weighted by Crippen LogP contribution is -2.56. The molecule has 3 saturated heterocycles. The minimum absolute atomic E-state index is 0. The highest BCUT2D eigenvalue weighted by Gasteiger charge is 2.43. The molecular weight excluding hydrogens is 342 g/mol. The first-order chi connectivity index (χ1) is 11.7. The van der Waals surface area contributed by atoms with Crippen molar-refractivity contribution in [2.75, 3.05) is 39.4 Å². The Balaban J connectivity index is 0.00000182. The van der Waals surface area contributed by atoms with Crippen molar-refractivity contribution in [3.05, 3.63) is 35.9 Å². The summed E-state index contributed by atoms with van der Waals surface area (Å²) in [5, 5.41) is 3.38. The van der Waals surface area contributed by atoms with Gasteiger partial charge >= 0.3 is 0 Å². The van der Waals surface area contributed by atoms with Crippen molar-refractivity contribution in [3.8, 4) is 0 Å². The van der Waals surface area contributed by atoms with E-state index in [1.807, 2.05) is 35.2 Å². The summed E-state index contributed by atoms with van der Waals surface area (Å²) in [6.07, 6.45) is 0. The van der Waals surface area contributed by atoms with Crippen molar-refractivity contribution < 1.29 is 14.3 Å². The number of amides is 2. The van der Waals surface area contributed by atoms with Crippen LogP contribution in [0.1, 0.15) is 5.56 Å². The Morgan fingerprint density at radius 3 is 2.52 bits per heavy atom. The van der Waals surface area contributed by atoms with Gasteiger partial charge < -0.3 is 19.9 Å². The van der Waals surface area contributed by atoms with Crippen LogP contribution in [0.15, 0.2) is 30.3 Å². The summed E-state index contributed by atoms with van der Waals surface area (Å²) in [6.45, 7) is 4.38. The predicted octanol–water partition coefficient (Wildman–Crippen LogP) is 0.514. The summed E-state index contributed by atoms with van der Waals surface area (Å²) >= 11 is 0. The summed E-state index contributed by atoms with van der Waals surface area (Å²) in [4.78, 5) is 29.0. The van der Waals surface area contributed by atoms with Crippen molar-refractivity contribution in [3.63, 3.8) is 0 Å². The molecule has 3 heterocycles. The summed E-state index contributed by atoms with van der Waals surface area (Å²) in [5.74, 6) is 1.03. The van der Waals surface area contributed by atoms with Crippen molar-refractivity contribution in [1.82, 2.24) is 15.1 Å². The van der Waals surface area contributed by atoms with Crippen molar-refractivity contribution >= 4 is 24.2 Å². The maximum Gasteiger partial charge on any atom is 0.249 e. The van der Waals surface area contributed by atoms with Gasteiger partial charge in [-0.2, -0.15) is 0 Å². The molecule has 0 saturated carbocycles. The highest BCUT2D eigenvalue weighted by Crippen LogP contribution is 2.28. The number of nitrogens with zero attached hydrogens (tertiary/aromatic N) is 2. The van der Waals surface area contributed by atoms with Crippen LogP contribution in [0.5, 0.6) is 0 Å². The number of carbonyl (C=O) groups excluding carboxylic acids is 2. The van der Waals surface area contributed by atoms with Gasteiger partial charge in [-0.25, -0.2) is 0 Å². The minimum atomic E-state index is -0.502. The smallest absolute Gasteiger partial charge is 0.249 e. The second-order valence-corrected chi connectivity index (χ2v) is 6.96. The van der Waals surface area contributed by atoms with E-state index in [1.54, 1.807) is 4.90 Å². The SMILES string of the molecule is Cl.O=C([C@H]1COCC(=O)N1Cc1ccccc1)N1C[C@H]2CNC[C@H]2C1. The topological polar surface area (TPSA) is 61.9 Å². The molecule has 3 atom stereocenters. The summed E-state index contributed by atoms with van der Waals surface area (Å²) in [6, 6.07) is 9.31. The Morgan fingerprint density at radius 1 is 1.16 bits per heavy atom. The van der Waals surface area contributed by atoms with Gasteiger partial charge in [0.1, 0.15) is 12.6 Å². The lowest BCUT2D eigenvalue weighted by molar-refractivity contribution is -0.159. The number of fused-ring (bicyclic) bond motifs is 1. The number of likely N-dealkylation sites (tertiary alicyclic amines) is 1. The number of nitrogens with one attached hydrogen (secondary N) is 1. The number of ether oxygens (including phenoxy) is 1. The second-order valence-electron chi connectivity index (χ2n) is 6.96. The first-order valence-electron chi connectivity index (χ1n) is 8.63. The van der Waals surface area contributed by atoms with Crippen molar-refractivity contribution in [1.29, 1.82) is 0 Å². The highest BCUT2D eigenvalue weighted by atomic mass is 35.5. The van der Waals surface area contributed by atoms with E-state index in [-0.39, 0.29) is 30.8 Å². The van der Waals surface area contributed by atoms with Crippen LogP contribution in [0.25, 0.3) is 0 Å². The minimum Gasteiger partial charge on any atom is -0.369 e. The average molecular weight is 366 g/mol. The molecule has 7 heteroatoms. The van der Waals surface area contributed by atoms with Gasteiger partial charge in [-0.15, -0.1) is 12.4 Å². The number of morpholine rings is 1. The Bertz CT molecular complexity index is 615. The molecule has 0 radical (unpaired) electrons. The second kappa shape index (κ2) is 7.72. The van der Waals surface area contributed by atoms with E-state index in [0.29, 0.717) is 25.0 Å². The molecule has 3 aliphatic heterocycles. The summed E-state index contributed by atoms with van der Waals surface area (Å²) in [7, 11) is 0. The zero-order chi connectivity index (χ0) is 16.5. The maximum atomic E-state index is 13.0. The van der Waals surface area contributed by atoms with Gasteiger partial charge in [-0.05, 0) is 17.4 Å². The zero-order valence-electron chi connectivity index (χ0n) is 14.1. The Hall–Kier alpha value is -1.63. The third kappa shape index (κ3) is 3.66. The predicted molar refractivity (Wildman–Crippen MR) is 95.3 cm³/mol. The molecule has 2 amide bonds. The fourth-order valence-electron chi connectivity index (χ4n) is 4.03. The normalized spacial score (nSPS) is 28.6. The van der Waals surface area contributed by atoms with Crippen LogP contribution in [0, 0.1) is 11.8 Å². The van der Waals surface area contributed by atoms with E-state index in [4.69, 9.17) is 4.74 Å². The van der Waals surface area contributed by atoms with Gasteiger partial charge in [-0.1, -0.05) is 30.3 Å². The molecule has 1 aromatic carbocycles. The van der Waals surface area contributed by atoms with Crippen LogP contribution in [-0.2, 0) is 20.9 Å². The van der Waals surface area contributed by atoms with E-state index in [0.717, 1.165) is 31.7 Å². The monoisotopic (exact) mass is 365 g/mol. The van der Waals surface area contributed by atoms with Crippen molar-refractivity contribution in [2.45, 2.75) is 12.6 Å². The molecule has 3 fully saturated rings. The molecule has 0 bridgehead atoms. The van der Waals surface area contributed by atoms with Crippen LogP contribution in [0.4, 0.5) is 0 Å². The molecular formula is C18H24ClN3O3. The molecule has 0 unspecified atom stereocenters. The largest absolute Gasteiger partial charge is 0.369 e. The van der Waals surface area contributed by atoms with Gasteiger partial charge in [0.2, 0.25) is 11.8 Å². The van der Waals surface area contributed by atoms with Crippen LogP contribution >= 0.6 is 12.4 Å². The maximum absolute atomic E-state index is 13.0. The standard InChI is InChI=1S/C18H23N3O3.ClH/c22-17-12-24-11-16(21(17)8-13-4-2-1-3-5-13)18(23)20-9-14-6-19-7-15(14)10-20;/h1-5,14-16,19H,6-12H2;1H/t14-,15+,16-;/m1./s1. The molecule has 0 spiro atoms. The van der Waals surface area contributed by atoms with E-state index in [1.165, 1.54) is 0 Å². The van der Waals surface area contributed by atoms with Gasteiger partial charge in [0.25, 0.3) is 0 Å². The highest BCUT2D eigenvalue weighted by molar-refractivity contribution is 5.89. The fraction of sp³-hybridized carbons (Fsp3) is 0.556. The van der Waals surface area contributed by atoms with E-state index in [2.05, 4.69) is 5.32 Å². The fourth-order valence-corrected chi connectivity index (χ4v) is 4.03. The average Bonchev–Trinajstić information content (AvgIpc) is 3.19. The molecule has 1 aromatic rings. The van der Waals surface area contributed by atoms with Gasteiger partial charge in [0.05, 0.1) is 6.61 Å². The number of hydrogen-bond donors (Lipinski definition) is 1. The summed E-state index contributed by atoms with van der Waals surface area (Å²) in [5.41, 5.74) is 1.04. The van der Waals surface area contributed by atoms with Crippen LogP contribution in [0.2, 0.25) is 0 Å². The van der Waals surface area contributed by atoms with E-state index < -0.39 is 6.04 Å². The summed E-state index contributed by atoms with van der Waals surface area (Å²) < 4.78 is 5.39. The molecule has 0 aliphatic carbocycles. The quantitative estimate of drug-likeness (QED) is 0.848. The number of benzene rings is 1. The lowest BCUT2D eigenvalue weighted by atomic mass is 10.0. The third-order valence-corrected chi connectivity index (χ3v) is 5.38. The first-order valence-corrected chi connectivity index (χ1v) is 8.63. The number of halogens is 1. The third-order valence-electron chi connectivity index (χ3n) is 5.38. The number of rotatable bonds is 3. The Labute approximate surface area is 153 Å². The van der Waals surface area contributed by atoms with E-state index in [9.17, 15) is 9.59 Å².